The van der Waals surface area contributed by atoms with Gasteiger partial charge < -0.3 is 0 Å². The second-order valence-electron chi connectivity index (χ2n) is 15.4. The number of nitriles is 1. The first-order chi connectivity index (χ1) is 29.7. The zero-order valence-corrected chi connectivity index (χ0v) is 32.3. The van der Waals surface area contributed by atoms with Gasteiger partial charge in [0.1, 0.15) is 0 Å². The van der Waals surface area contributed by atoms with Crippen LogP contribution in [0, 0.1) is 11.3 Å². The summed E-state index contributed by atoms with van der Waals surface area (Å²) in [6.07, 6.45) is 0. The van der Waals surface area contributed by atoms with Gasteiger partial charge in [-0.1, -0.05) is 182 Å². The normalized spacial score (nSPS) is 11.7. The summed E-state index contributed by atoms with van der Waals surface area (Å²) in [6.45, 7) is 0. The van der Waals surface area contributed by atoms with Crippen LogP contribution in [0.25, 0.3) is 122 Å². The molecule has 0 saturated carbocycles. The van der Waals surface area contributed by atoms with Gasteiger partial charge in [0.2, 0.25) is 0 Å². The molecule has 11 aromatic rings. The standard InChI is InChI=1S/C56H32N4/c57-33-38-16-9-20-40-39(38)19-10-21-43(40)49-30-28-47-41-17-7-8-18-42(41)48-29-31-50(53(49)52(47)48)44-22-11-23-45-46(44)27-26-34-24-25-37(32-51(34)45)56-59-54(35-12-3-1-4-13-35)58-55(60-56)36-14-5-2-6-15-36/h1-32H. The van der Waals surface area contributed by atoms with Gasteiger partial charge in [-0.25, -0.2) is 15.0 Å². The van der Waals surface area contributed by atoms with Crippen LogP contribution in [0.15, 0.2) is 194 Å². The van der Waals surface area contributed by atoms with Gasteiger partial charge in [0.25, 0.3) is 0 Å². The van der Waals surface area contributed by atoms with Crippen LogP contribution in [0.1, 0.15) is 5.56 Å². The average Bonchev–Trinajstić information content (AvgIpc) is 3.65. The molecule has 0 atom stereocenters. The Morgan fingerprint density at radius 3 is 1.33 bits per heavy atom. The van der Waals surface area contributed by atoms with Gasteiger partial charge in [-0.2, -0.15) is 5.26 Å². The molecule has 1 aromatic heterocycles. The van der Waals surface area contributed by atoms with Crippen LogP contribution in [0.5, 0.6) is 0 Å². The molecule has 0 aliphatic heterocycles. The summed E-state index contributed by atoms with van der Waals surface area (Å²) < 4.78 is 0. The van der Waals surface area contributed by atoms with Crippen molar-refractivity contribution < 1.29 is 0 Å². The minimum Gasteiger partial charge on any atom is -0.208 e. The average molecular weight is 761 g/mol. The third kappa shape index (κ3) is 5.20. The molecule has 0 spiro atoms. The van der Waals surface area contributed by atoms with Crippen LogP contribution in [0.4, 0.5) is 0 Å². The number of hydrogen-bond donors (Lipinski definition) is 0. The first-order valence-corrected chi connectivity index (χ1v) is 20.2. The third-order valence-electron chi connectivity index (χ3n) is 12.1. The quantitative estimate of drug-likeness (QED) is 0.164. The topological polar surface area (TPSA) is 62.5 Å². The summed E-state index contributed by atoms with van der Waals surface area (Å²) >= 11 is 0. The molecule has 60 heavy (non-hydrogen) atoms. The van der Waals surface area contributed by atoms with Crippen molar-refractivity contribution in [2.24, 2.45) is 0 Å². The molecule has 0 amide bonds. The molecular weight excluding hydrogens is 729 g/mol. The Bertz CT molecular complexity index is 3520. The SMILES string of the molecule is N#Cc1cccc2c(-c3ccc4c5c(ccc(-c6cccc7c6ccc6ccc(-c8nc(-c9ccccc9)nc(-c9ccccc9)n8)cc67)c35)-c3ccccc3-4)cccc12. The van der Waals surface area contributed by atoms with Crippen LogP contribution in [0.2, 0.25) is 0 Å². The van der Waals surface area contributed by atoms with Crippen LogP contribution < -0.4 is 0 Å². The lowest BCUT2D eigenvalue weighted by molar-refractivity contribution is 1.07. The van der Waals surface area contributed by atoms with E-state index < -0.39 is 0 Å². The van der Waals surface area contributed by atoms with Crippen LogP contribution in [-0.4, -0.2) is 15.0 Å². The minimum atomic E-state index is 0.629. The third-order valence-corrected chi connectivity index (χ3v) is 12.1. The molecule has 10 aromatic carbocycles. The Labute approximate surface area is 346 Å². The highest BCUT2D eigenvalue weighted by Crippen LogP contribution is 2.53. The highest BCUT2D eigenvalue weighted by Gasteiger charge is 2.26. The van der Waals surface area contributed by atoms with E-state index in [-0.39, 0.29) is 0 Å². The van der Waals surface area contributed by atoms with E-state index in [4.69, 9.17) is 15.0 Å². The lowest BCUT2D eigenvalue weighted by atomic mass is 9.85. The van der Waals surface area contributed by atoms with Crippen LogP contribution in [-0.2, 0) is 0 Å². The molecule has 0 bridgehead atoms. The summed E-state index contributed by atoms with van der Waals surface area (Å²) in [7, 11) is 0. The van der Waals surface area contributed by atoms with E-state index in [1.807, 2.05) is 72.8 Å². The lowest BCUT2D eigenvalue weighted by Gasteiger charge is -2.18. The maximum atomic E-state index is 10.1. The van der Waals surface area contributed by atoms with Crippen molar-refractivity contribution in [3.8, 4) is 84.7 Å². The molecule has 4 heteroatoms. The minimum absolute atomic E-state index is 0.629. The number of nitrogens with zero attached hydrogens (tertiary/aromatic N) is 4. The zero-order valence-electron chi connectivity index (χ0n) is 32.3. The second kappa shape index (κ2) is 13.4. The smallest absolute Gasteiger partial charge is 0.164 e. The molecule has 1 aliphatic carbocycles. The Hall–Kier alpha value is -8.26. The molecule has 1 aliphatic rings. The van der Waals surface area contributed by atoms with E-state index in [1.165, 1.54) is 44.0 Å². The Morgan fingerprint density at radius 2 is 0.750 bits per heavy atom. The number of benzene rings is 10. The molecule has 0 fully saturated rings. The van der Waals surface area contributed by atoms with Gasteiger partial charge in [0.05, 0.1) is 11.6 Å². The first-order valence-electron chi connectivity index (χ1n) is 20.2. The van der Waals surface area contributed by atoms with Gasteiger partial charge in [-0.15, -0.1) is 0 Å². The number of hydrogen-bond acceptors (Lipinski definition) is 4. The molecule has 276 valence electrons. The lowest BCUT2D eigenvalue weighted by Crippen LogP contribution is -2.00. The highest BCUT2D eigenvalue weighted by molar-refractivity contribution is 6.25. The number of rotatable bonds is 5. The Morgan fingerprint density at radius 1 is 0.300 bits per heavy atom. The summed E-state index contributed by atoms with van der Waals surface area (Å²) in [5, 5.41) is 19.2. The van der Waals surface area contributed by atoms with Crippen LogP contribution in [0.3, 0.4) is 0 Å². The summed E-state index contributed by atoms with van der Waals surface area (Å²) in [6, 6.07) is 70.6. The molecule has 4 nitrogen and oxygen atoms in total. The summed E-state index contributed by atoms with van der Waals surface area (Å²) in [5.41, 5.74) is 13.1. The monoisotopic (exact) mass is 760 g/mol. The highest BCUT2D eigenvalue weighted by atomic mass is 15.0. The van der Waals surface area contributed by atoms with Gasteiger partial charge in [0.15, 0.2) is 17.5 Å². The molecule has 12 rings (SSSR count). The number of fused-ring (bicyclic) bond motifs is 7. The Balaban J connectivity index is 1.10. The van der Waals surface area contributed by atoms with Gasteiger partial charge in [0, 0.05) is 22.1 Å². The van der Waals surface area contributed by atoms with Crippen molar-refractivity contribution in [1.29, 1.82) is 5.26 Å². The fourth-order valence-electron chi connectivity index (χ4n) is 9.39. The number of aromatic nitrogens is 3. The molecule has 0 unspecified atom stereocenters. The summed E-state index contributed by atoms with van der Waals surface area (Å²) in [4.78, 5) is 15.0. The van der Waals surface area contributed by atoms with E-state index in [2.05, 4.69) is 127 Å². The summed E-state index contributed by atoms with van der Waals surface area (Å²) in [5.74, 6) is 1.91. The van der Waals surface area contributed by atoms with E-state index in [0.717, 1.165) is 60.3 Å². The van der Waals surface area contributed by atoms with E-state index in [1.54, 1.807) is 0 Å². The second-order valence-corrected chi connectivity index (χ2v) is 15.4. The van der Waals surface area contributed by atoms with Crippen molar-refractivity contribution in [1.82, 2.24) is 15.0 Å². The fraction of sp³-hybridized carbons (Fsp3) is 0. The maximum absolute atomic E-state index is 10.1. The van der Waals surface area contributed by atoms with Crippen molar-refractivity contribution in [3.05, 3.63) is 200 Å². The van der Waals surface area contributed by atoms with Crippen molar-refractivity contribution >= 4 is 43.1 Å². The van der Waals surface area contributed by atoms with E-state index in [0.29, 0.717) is 23.0 Å². The molecular formula is C56H32N4. The largest absolute Gasteiger partial charge is 0.208 e. The van der Waals surface area contributed by atoms with Crippen molar-refractivity contribution in [2.45, 2.75) is 0 Å². The van der Waals surface area contributed by atoms with E-state index >= 15 is 0 Å². The first kappa shape index (κ1) is 33.8. The van der Waals surface area contributed by atoms with Gasteiger partial charge in [-0.3, -0.25) is 0 Å². The molecule has 1 heterocycles. The molecule has 0 radical (unpaired) electrons. The maximum Gasteiger partial charge on any atom is 0.164 e. The predicted molar refractivity (Wildman–Crippen MR) is 246 cm³/mol. The van der Waals surface area contributed by atoms with Crippen molar-refractivity contribution in [2.75, 3.05) is 0 Å². The van der Waals surface area contributed by atoms with Crippen LogP contribution >= 0.6 is 0 Å². The van der Waals surface area contributed by atoms with E-state index in [9.17, 15) is 5.26 Å². The molecule has 0 N–H and O–H groups in total. The molecule has 0 saturated heterocycles. The predicted octanol–water partition coefficient (Wildman–Crippen LogP) is 14.3. The fourth-order valence-corrected chi connectivity index (χ4v) is 9.39. The Kier molecular flexibility index (Phi) is 7.57. The zero-order chi connectivity index (χ0) is 39.7. The van der Waals surface area contributed by atoms with Gasteiger partial charge in [-0.05, 0) is 94.3 Å². The van der Waals surface area contributed by atoms with Crippen molar-refractivity contribution in [3.63, 3.8) is 0 Å². The van der Waals surface area contributed by atoms with Gasteiger partial charge >= 0.3 is 0 Å².